The van der Waals surface area contributed by atoms with Crippen molar-refractivity contribution < 1.29 is 19.2 Å². The van der Waals surface area contributed by atoms with Crippen LogP contribution in [0.4, 0.5) is 11.4 Å². The fourth-order valence-corrected chi connectivity index (χ4v) is 2.80. The Morgan fingerprint density at radius 2 is 1.74 bits per heavy atom. The topological polar surface area (TPSA) is 104 Å². The molecule has 1 aliphatic rings. The Morgan fingerprint density at radius 3 is 2.44 bits per heavy atom. The molecule has 7 nitrogen and oxygen atoms in total. The highest BCUT2D eigenvalue weighted by Gasteiger charge is 2.27. The Bertz CT molecular complexity index is 906. The highest BCUT2D eigenvalue weighted by Crippen LogP contribution is 2.19. The zero-order chi connectivity index (χ0) is 19.4. The lowest BCUT2D eigenvalue weighted by atomic mass is 10.1. The lowest BCUT2D eigenvalue weighted by Crippen LogP contribution is -2.41. The van der Waals surface area contributed by atoms with E-state index in [1.54, 1.807) is 48.5 Å². The van der Waals surface area contributed by atoms with E-state index in [2.05, 4.69) is 16.0 Å². The SMILES string of the molecule is CC(=O)c1ccc(NC(=O)CC[C@@H]2NC(=O)c3ccccc3NC2=O)cc1. The van der Waals surface area contributed by atoms with Crippen LogP contribution in [0.15, 0.2) is 48.5 Å². The van der Waals surface area contributed by atoms with E-state index >= 15 is 0 Å². The highest BCUT2D eigenvalue weighted by atomic mass is 16.2. The monoisotopic (exact) mass is 365 g/mol. The van der Waals surface area contributed by atoms with E-state index in [0.717, 1.165) is 0 Å². The fraction of sp³-hybridized carbons (Fsp3) is 0.200. The zero-order valence-corrected chi connectivity index (χ0v) is 14.7. The van der Waals surface area contributed by atoms with Crippen LogP contribution in [0.2, 0.25) is 0 Å². The number of fused-ring (bicyclic) bond motifs is 1. The summed E-state index contributed by atoms with van der Waals surface area (Å²) < 4.78 is 0. The maximum atomic E-state index is 12.3. The molecule has 27 heavy (non-hydrogen) atoms. The maximum absolute atomic E-state index is 12.3. The van der Waals surface area contributed by atoms with Crippen molar-refractivity contribution >= 4 is 34.9 Å². The van der Waals surface area contributed by atoms with Gasteiger partial charge in [-0.25, -0.2) is 0 Å². The van der Waals surface area contributed by atoms with Gasteiger partial charge in [0.2, 0.25) is 11.8 Å². The second-order valence-electron chi connectivity index (χ2n) is 6.28. The molecule has 3 amide bonds. The number of carbonyl (C=O) groups excluding carboxylic acids is 4. The van der Waals surface area contributed by atoms with Crippen LogP contribution < -0.4 is 16.0 Å². The molecule has 138 valence electrons. The summed E-state index contributed by atoms with van der Waals surface area (Å²) in [5, 5.41) is 8.07. The van der Waals surface area contributed by atoms with Crippen LogP contribution in [0.5, 0.6) is 0 Å². The first-order chi connectivity index (χ1) is 12.9. The van der Waals surface area contributed by atoms with Crippen LogP contribution in [0, 0.1) is 0 Å². The predicted molar refractivity (Wildman–Crippen MR) is 101 cm³/mol. The molecule has 0 saturated carbocycles. The van der Waals surface area contributed by atoms with Gasteiger partial charge in [0, 0.05) is 17.7 Å². The largest absolute Gasteiger partial charge is 0.340 e. The van der Waals surface area contributed by atoms with E-state index in [1.807, 2.05) is 0 Å². The van der Waals surface area contributed by atoms with Crippen molar-refractivity contribution in [3.8, 4) is 0 Å². The molecule has 0 aromatic heterocycles. The van der Waals surface area contributed by atoms with Crippen molar-refractivity contribution in [2.24, 2.45) is 0 Å². The van der Waals surface area contributed by atoms with E-state index in [9.17, 15) is 19.2 Å². The van der Waals surface area contributed by atoms with Gasteiger partial charge in [-0.05, 0) is 49.7 Å². The molecule has 0 spiro atoms. The lowest BCUT2D eigenvalue weighted by Gasteiger charge is -2.14. The van der Waals surface area contributed by atoms with Gasteiger partial charge in [0.15, 0.2) is 5.78 Å². The van der Waals surface area contributed by atoms with Crippen LogP contribution in [0.25, 0.3) is 0 Å². The second-order valence-corrected chi connectivity index (χ2v) is 6.28. The summed E-state index contributed by atoms with van der Waals surface area (Å²) in [7, 11) is 0. The number of Topliss-reactive ketones (excluding diaryl/α,β-unsaturated/α-hetero) is 1. The summed E-state index contributed by atoms with van der Waals surface area (Å²) in [5.41, 5.74) is 1.97. The van der Waals surface area contributed by atoms with E-state index in [0.29, 0.717) is 22.5 Å². The minimum atomic E-state index is -0.796. The molecule has 3 N–H and O–H groups in total. The van der Waals surface area contributed by atoms with Gasteiger partial charge in [-0.2, -0.15) is 0 Å². The van der Waals surface area contributed by atoms with Crippen molar-refractivity contribution in [3.05, 3.63) is 59.7 Å². The molecule has 0 bridgehead atoms. The number of benzene rings is 2. The normalized spacial score (nSPS) is 15.8. The van der Waals surface area contributed by atoms with E-state index in [1.165, 1.54) is 6.92 Å². The Balaban J connectivity index is 1.58. The number of carbonyl (C=O) groups is 4. The molecule has 7 heteroatoms. The van der Waals surface area contributed by atoms with Crippen molar-refractivity contribution in [2.45, 2.75) is 25.8 Å². The third kappa shape index (κ3) is 4.38. The van der Waals surface area contributed by atoms with Gasteiger partial charge in [0.1, 0.15) is 6.04 Å². The van der Waals surface area contributed by atoms with Crippen LogP contribution in [0.3, 0.4) is 0 Å². The number of nitrogens with one attached hydrogen (secondary N) is 3. The molecule has 0 aliphatic carbocycles. The molecule has 1 heterocycles. The first-order valence-electron chi connectivity index (χ1n) is 8.55. The standard InChI is InChI=1S/C20H19N3O4/c1-12(24)13-6-8-14(9-7-13)21-18(25)11-10-17-20(27)22-16-5-3-2-4-15(16)19(26)23-17/h2-9,17H,10-11H2,1H3,(H,21,25)(H,22,27)(H,23,26)/t17-/m0/s1. The maximum Gasteiger partial charge on any atom is 0.254 e. The average Bonchev–Trinajstić information content (AvgIpc) is 2.77. The van der Waals surface area contributed by atoms with Crippen LogP contribution in [-0.4, -0.2) is 29.5 Å². The third-order valence-electron chi connectivity index (χ3n) is 4.29. The van der Waals surface area contributed by atoms with Gasteiger partial charge in [0.25, 0.3) is 5.91 Å². The van der Waals surface area contributed by atoms with Crippen molar-refractivity contribution in [2.75, 3.05) is 10.6 Å². The van der Waals surface area contributed by atoms with Crippen LogP contribution in [0.1, 0.15) is 40.5 Å². The van der Waals surface area contributed by atoms with E-state index in [4.69, 9.17) is 0 Å². The number of amides is 3. The van der Waals surface area contributed by atoms with Gasteiger partial charge in [-0.3, -0.25) is 19.2 Å². The number of hydrogen-bond acceptors (Lipinski definition) is 4. The average molecular weight is 365 g/mol. The van der Waals surface area contributed by atoms with E-state index < -0.39 is 6.04 Å². The summed E-state index contributed by atoms with van der Waals surface area (Å²) in [5.74, 6) is -1.04. The number of ketones is 1. The van der Waals surface area contributed by atoms with Crippen molar-refractivity contribution in [1.82, 2.24) is 5.32 Å². The molecular weight excluding hydrogens is 346 g/mol. The fourth-order valence-electron chi connectivity index (χ4n) is 2.80. The summed E-state index contributed by atoms with van der Waals surface area (Å²) in [4.78, 5) is 48.0. The smallest absolute Gasteiger partial charge is 0.254 e. The second kappa shape index (κ2) is 7.82. The van der Waals surface area contributed by atoms with Gasteiger partial charge in [-0.1, -0.05) is 12.1 Å². The Kier molecular flexibility index (Phi) is 5.30. The minimum absolute atomic E-state index is 0.0519. The highest BCUT2D eigenvalue weighted by molar-refractivity contribution is 6.10. The Hall–Kier alpha value is -3.48. The minimum Gasteiger partial charge on any atom is -0.340 e. The Labute approximate surface area is 156 Å². The number of anilines is 2. The molecule has 2 aromatic carbocycles. The number of para-hydroxylation sites is 1. The quantitative estimate of drug-likeness (QED) is 0.708. The molecule has 0 saturated heterocycles. The number of rotatable bonds is 5. The van der Waals surface area contributed by atoms with Gasteiger partial charge in [0.05, 0.1) is 11.3 Å². The Morgan fingerprint density at radius 1 is 1.04 bits per heavy atom. The molecule has 1 atom stereocenters. The summed E-state index contributed by atoms with van der Waals surface area (Å²) in [6.45, 7) is 1.47. The molecule has 0 radical (unpaired) electrons. The molecule has 0 unspecified atom stereocenters. The van der Waals surface area contributed by atoms with Crippen molar-refractivity contribution in [3.63, 3.8) is 0 Å². The van der Waals surface area contributed by atoms with Crippen LogP contribution >= 0.6 is 0 Å². The molecule has 2 aromatic rings. The lowest BCUT2D eigenvalue weighted by molar-refractivity contribution is -0.118. The van der Waals surface area contributed by atoms with Gasteiger partial charge >= 0.3 is 0 Å². The first kappa shape index (κ1) is 18.3. The summed E-state index contributed by atoms with van der Waals surface area (Å²) in [6, 6.07) is 12.5. The van der Waals surface area contributed by atoms with Gasteiger partial charge in [-0.15, -0.1) is 0 Å². The molecular formula is C20H19N3O4. The number of hydrogen-bond donors (Lipinski definition) is 3. The molecule has 3 rings (SSSR count). The molecule has 0 fully saturated rings. The molecule has 1 aliphatic heterocycles. The predicted octanol–water partition coefficient (Wildman–Crippen LogP) is 2.36. The summed E-state index contributed by atoms with van der Waals surface area (Å²) >= 11 is 0. The third-order valence-corrected chi connectivity index (χ3v) is 4.29. The zero-order valence-electron chi connectivity index (χ0n) is 14.7. The first-order valence-corrected chi connectivity index (χ1v) is 8.55. The van der Waals surface area contributed by atoms with Gasteiger partial charge < -0.3 is 16.0 Å². The van der Waals surface area contributed by atoms with Crippen LogP contribution in [-0.2, 0) is 9.59 Å². The summed E-state index contributed by atoms with van der Waals surface area (Å²) in [6.07, 6.45) is 0.228. The van der Waals surface area contributed by atoms with E-state index in [-0.39, 0.29) is 36.3 Å². The van der Waals surface area contributed by atoms with Crippen molar-refractivity contribution in [1.29, 1.82) is 0 Å².